The molecule has 112 valence electrons. The summed E-state index contributed by atoms with van der Waals surface area (Å²) in [6.45, 7) is 2.83. The molecule has 0 saturated heterocycles. The number of carbonyl (C=O) groups is 1. The number of amides is 1. The molecule has 1 heterocycles. The molecule has 3 heteroatoms. The Labute approximate surface area is 123 Å². The third kappa shape index (κ3) is 8.68. The highest BCUT2D eigenvalue weighted by atomic mass is 16.1. The van der Waals surface area contributed by atoms with Gasteiger partial charge in [-0.3, -0.25) is 9.78 Å². The lowest BCUT2D eigenvalue weighted by molar-refractivity contribution is -0.121. The van der Waals surface area contributed by atoms with E-state index in [2.05, 4.69) is 17.2 Å². The molecule has 3 nitrogen and oxygen atoms in total. The van der Waals surface area contributed by atoms with E-state index in [9.17, 15) is 4.79 Å². The van der Waals surface area contributed by atoms with Crippen LogP contribution in [-0.2, 0) is 11.3 Å². The van der Waals surface area contributed by atoms with Gasteiger partial charge in [-0.1, -0.05) is 57.9 Å². The first kappa shape index (κ1) is 16.7. The summed E-state index contributed by atoms with van der Waals surface area (Å²) < 4.78 is 0. The third-order valence-electron chi connectivity index (χ3n) is 3.47. The van der Waals surface area contributed by atoms with E-state index in [0.717, 1.165) is 12.0 Å². The lowest BCUT2D eigenvalue weighted by Crippen LogP contribution is -2.22. The highest BCUT2D eigenvalue weighted by Crippen LogP contribution is 2.09. The summed E-state index contributed by atoms with van der Waals surface area (Å²) in [5, 5.41) is 2.94. The van der Waals surface area contributed by atoms with Gasteiger partial charge in [0.05, 0.1) is 0 Å². The Kier molecular flexibility index (Phi) is 9.54. The molecular weight excluding hydrogens is 248 g/mol. The lowest BCUT2D eigenvalue weighted by Gasteiger charge is -2.05. The number of rotatable bonds is 11. The van der Waals surface area contributed by atoms with Crippen molar-refractivity contribution in [2.24, 2.45) is 0 Å². The van der Waals surface area contributed by atoms with Gasteiger partial charge in [-0.2, -0.15) is 0 Å². The van der Waals surface area contributed by atoms with Crippen LogP contribution in [0.2, 0.25) is 0 Å². The zero-order valence-corrected chi connectivity index (χ0v) is 12.7. The number of aromatic nitrogens is 1. The monoisotopic (exact) mass is 276 g/mol. The largest absolute Gasteiger partial charge is 0.352 e. The predicted molar refractivity (Wildman–Crippen MR) is 83.3 cm³/mol. The Morgan fingerprint density at radius 3 is 2.45 bits per heavy atom. The molecule has 0 bridgehead atoms. The fourth-order valence-corrected chi connectivity index (χ4v) is 2.21. The van der Waals surface area contributed by atoms with Crippen molar-refractivity contribution in [1.29, 1.82) is 0 Å². The zero-order valence-electron chi connectivity index (χ0n) is 12.7. The van der Waals surface area contributed by atoms with Gasteiger partial charge in [0.1, 0.15) is 0 Å². The fourth-order valence-electron chi connectivity index (χ4n) is 2.21. The number of pyridine rings is 1. The Morgan fingerprint density at radius 1 is 1.10 bits per heavy atom. The summed E-state index contributed by atoms with van der Waals surface area (Å²) in [6.07, 6.45) is 14.3. The van der Waals surface area contributed by atoms with E-state index in [4.69, 9.17) is 0 Å². The SMILES string of the molecule is CCCCCCCCCCC(=O)NCc1cccnc1. The van der Waals surface area contributed by atoms with E-state index < -0.39 is 0 Å². The molecule has 0 aliphatic rings. The Morgan fingerprint density at radius 2 is 1.80 bits per heavy atom. The second-order valence-electron chi connectivity index (χ2n) is 5.36. The van der Waals surface area contributed by atoms with Crippen molar-refractivity contribution in [3.05, 3.63) is 30.1 Å². The summed E-state index contributed by atoms with van der Waals surface area (Å²) in [7, 11) is 0. The van der Waals surface area contributed by atoms with Gasteiger partial charge in [0.15, 0.2) is 0 Å². The summed E-state index contributed by atoms with van der Waals surface area (Å²) in [5.41, 5.74) is 1.05. The molecular formula is C17H28N2O. The Bertz CT molecular complexity index is 351. The molecule has 1 aromatic heterocycles. The van der Waals surface area contributed by atoms with Crippen LogP contribution in [0.4, 0.5) is 0 Å². The van der Waals surface area contributed by atoms with Crippen molar-refractivity contribution in [1.82, 2.24) is 10.3 Å². The van der Waals surface area contributed by atoms with Gasteiger partial charge in [-0.25, -0.2) is 0 Å². The Hall–Kier alpha value is -1.38. The van der Waals surface area contributed by atoms with Crippen LogP contribution in [0, 0.1) is 0 Å². The minimum atomic E-state index is 0.153. The molecule has 0 radical (unpaired) electrons. The van der Waals surface area contributed by atoms with E-state index in [1.54, 1.807) is 12.4 Å². The summed E-state index contributed by atoms with van der Waals surface area (Å²) in [6, 6.07) is 3.86. The van der Waals surface area contributed by atoms with E-state index in [1.165, 1.54) is 44.9 Å². The van der Waals surface area contributed by atoms with Crippen molar-refractivity contribution in [2.75, 3.05) is 0 Å². The van der Waals surface area contributed by atoms with Crippen molar-refractivity contribution in [2.45, 2.75) is 71.3 Å². The first-order valence-corrected chi connectivity index (χ1v) is 7.98. The molecule has 0 spiro atoms. The van der Waals surface area contributed by atoms with E-state index >= 15 is 0 Å². The van der Waals surface area contributed by atoms with Crippen LogP contribution in [0.5, 0.6) is 0 Å². The maximum atomic E-state index is 11.7. The minimum Gasteiger partial charge on any atom is -0.352 e. The topological polar surface area (TPSA) is 42.0 Å². The van der Waals surface area contributed by atoms with Crippen LogP contribution in [0.15, 0.2) is 24.5 Å². The van der Waals surface area contributed by atoms with Gasteiger partial charge in [-0.05, 0) is 18.1 Å². The molecule has 0 unspecified atom stereocenters. The molecule has 1 N–H and O–H groups in total. The fraction of sp³-hybridized carbons (Fsp3) is 0.647. The van der Waals surface area contributed by atoms with Gasteiger partial charge in [0.2, 0.25) is 5.91 Å². The van der Waals surface area contributed by atoms with Crippen LogP contribution in [0.25, 0.3) is 0 Å². The van der Waals surface area contributed by atoms with Gasteiger partial charge in [0, 0.05) is 25.4 Å². The van der Waals surface area contributed by atoms with Crippen molar-refractivity contribution < 1.29 is 4.79 Å². The van der Waals surface area contributed by atoms with Crippen LogP contribution in [0.3, 0.4) is 0 Å². The van der Waals surface area contributed by atoms with E-state index in [0.29, 0.717) is 13.0 Å². The van der Waals surface area contributed by atoms with Crippen molar-refractivity contribution >= 4 is 5.91 Å². The predicted octanol–water partition coefficient (Wildman–Crippen LogP) is 4.23. The highest BCUT2D eigenvalue weighted by molar-refractivity contribution is 5.75. The lowest BCUT2D eigenvalue weighted by atomic mass is 10.1. The third-order valence-corrected chi connectivity index (χ3v) is 3.47. The van der Waals surface area contributed by atoms with Gasteiger partial charge >= 0.3 is 0 Å². The van der Waals surface area contributed by atoms with Gasteiger partial charge < -0.3 is 5.32 Å². The van der Waals surface area contributed by atoms with Gasteiger partial charge in [0.25, 0.3) is 0 Å². The number of nitrogens with zero attached hydrogens (tertiary/aromatic N) is 1. The van der Waals surface area contributed by atoms with Crippen molar-refractivity contribution in [3.63, 3.8) is 0 Å². The molecule has 0 aliphatic heterocycles. The van der Waals surface area contributed by atoms with Crippen LogP contribution in [-0.4, -0.2) is 10.9 Å². The maximum Gasteiger partial charge on any atom is 0.220 e. The maximum absolute atomic E-state index is 11.7. The average Bonchev–Trinajstić information content (AvgIpc) is 2.49. The van der Waals surface area contributed by atoms with Crippen LogP contribution < -0.4 is 5.32 Å². The number of carbonyl (C=O) groups excluding carboxylic acids is 1. The first-order chi connectivity index (χ1) is 9.83. The Balaban J connectivity index is 1.93. The quantitative estimate of drug-likeness (QED) is 0.615. The normalized spacial score (nSPS) is 10.4. The number of nitrogens with one attached hydrogen (secondary N) is 1. The van der Waals surface area contributed by atoms with E-state index in [-0.39, 0.29) is 5.91 Å². The second kappa shape index (κ2) is 11.4. The molecule has 0 aliphatic carbocycles. The molecule has 1 rings (SSSR count). The molecule has 0 aromatic carbocycles. The van der Waals surface area contributed by atoms with Crippen LogP contribution in [0.1, 0.15) is 70.3 Å². The van der Waals surface area contributed by atoms with E-state index in [1.807, 2.05) is 12.1 Å². The molecule has 1 aromatic rings. The number of hydrogen-bond donors (Lipinski definition) is 1. The molecule has 0 saturated carbocycles. The number of hydrogen-bond acceptors (Lipinski definition) is 2. The summed E-state index contributed by atoms with van der Waals surface area (Å²) >= 11 is 0. The average molecular weight is 276 g/mol. The number of unbranched alkanes of at least 4 members (excludes halogenated alkanes) is 7. The first-order valence-electron chi connectivity index (χ1n) is 7.98. The molecule has 0 fully saturated rings. The smallest absolute Gasteiger partial charge is 0.220 e. The van der Waals surface area contributed by atoms with Crippen LogP contribution >= 0.6 is 0 Å². The molecule has 0 atom stereocenters. The van der Waals surface area contributed by atoms with Gasteiger partial charge in [-0.15, -0.1) is 0 Å². The summed E-state index contributed by atoms with van der Waals surface area (Å²) in [5.74, 6) is 0.153. The standard InChI is InChI=1S/C17H28N2O/c1-2-3-4-5-6-7-8-9-12-17(20)19-15-16-11-10-13-18-14-16/h10-11,13-14H,2-9,12,15H2,1H3,(H,19,20). The van der Waals surface area contributed by atoms with Crippen molar-refractivity contribution in [3.8, 4) is 0 Å². The zero-order chi connectivity index (χ0) is 14.5. The second-order valence-corrected chi connectivity index (χ2v) is 5.36. The molecule has 1 amide bonds. The summed E-state index contributed by atoms with van der Waals surface area (Å²) in [4.78, 5) is 15.7. The highest BCUT2D eigenvalue weighted by Gasteiger charge is 2.01. The molecule has 20 heavy (non-hydrogen) atoms. The minimum absolute atomic E-state index is 0.153.